The highest BCUT2D eigenvalue weighted by atomic mass is 16.6. The Bertz CT molecular complexity index is 1070. The predicted molar refractivity (Wildman–Crippen MR) is 113 cm³/mol. The molecule has 1 aliphatic heterocycles. The quantitative estimate of drug-likeness (QED) is 0.518. The van der Waals surface area contributed by atoms with E-state index in [4.69, 9.17) is 0 Å². The van der Waals surface area contributed by atoms with Crippen molar-refractivity contribution in [2.45, 2.75) is 19.8 Å². The molecule has 0 aliphatic carbocycles. The maximum absolute atomic E-state index is 12.8. The van der Waals surface area contributed by atoms with Gasteiger partial charge in [-0.05, 0) is 55.2 Å². The summed E-state index contributed by atoms with van der Waals surface area (Å²) in [4.78, 5) is 30.4. The molecule has 0 saturated carbocycles. The first-order chi connectivity index (χ1) is 14.0. The first kappa shape index (κ1) is 18.9. The molecule has 1 N–H and O–H groups in total. The van der Waals surface area contributed by atoms with Crippen molar-refractivity contribution < 1.29 is 9.72 Å². The van der Waals surface area contributed by atoms with Gasteiger partial charge in [0, 0.05) is 36.3 Å². The number of pyridine rings is 1. The molecule has 7 heteroatoms. The fourth-order valence-corrected chi connectivity index (χ4v) is 3.73. The molecule has 2 heterocycles. The molecule has 1 amide bonds. The van der Waals surface area contributed by atoms with E-state index in [1.807, 2.05) is 23.1 Å². The lowest BCUT2D eigenvalue weighted by Crippen LogP contribution is -2.33. The SMILES string of the molecule is CC1CCN(c2ccc(C(=O)Nc3cccc4ncccc34)cc2[N+](=O)[O-])CC1. The molecule has 1 aromatic heterocycles. The van der Waals surface area contributed by atoms with Gasteiger partial charge in [-0.25, -0.2) is 0 Å². The van der Waals surface area contributed by atoms with Crippen LogP contribution >= 0.6 is 0 Å². The number of fused-ring (bicyclic) bond motifs is 1. The maximum atomic E-state index is 12.8. The highest BCUT2D eigenvalue weighted by Crippen LogP contribution is 2.32. The van der Waals surface area contributed by atoms with Crippen molar-refractivity contribution in [3.63, 3.8) is 0 Å². The second-order valence-corrected chi connectivity index (χ2v) is 7.46. The monoisotopic (exact) mass is 390 g/mol. The fourth-order valence-electron chi connectivity index (χ4n) is 3.73. The van der Waals surface area contributed by atoms with Crippen LogP contribution in [0.3, 0.4) is 0 Å². The predicted octanol–water partition coefficient (Wildman–Crippen LogP) is 4.63. The summed E-state index contributed by atoms with van der Waals surface area (Å²) in [5.41, 5.74) is 2.19. The number of nitrogens with one attached hydrogen (secondary N) is 1. The van der Waals surface area contributed by atoms with Gasteiger partial charge in [-0.2, -0.15) is 0 Å². The van der Waals surface area contributed by atoms with Gasteiger partial charge >= 0.3 is 0 Å². The second kappa shape index (κ2) is 7.87. The van der Waals surface area contributed by atoms with E-state index in [1.165, 1.54) is 6.07 Å². The Morgan fingerprint density at radius 3 is 2.72 bits per heavy atom. The van der Waals surface area contributed by atoms with Crippen LogP contribution in [-0.2, 0) is 0 Å². The molecule has 0 bridgehead atoms. The summed E-state index contributed by atoms with van der Waals surface area (Å²) in [6, 6.07) is 13.9. The lowest BCUT2D eigenvalue weighted by atomic mass is 9.98. The number of benzene rings is 2. The molecule has 1 fully saturated rings. The molecule has 148 valence electrons. The summed E-state index contributed by atoms with van der Waals surface area (Å²) in [6.07, 6.45) is 3.71. The molecular weight excluding hydrogens is 368 g/mol. The van der Waals surface area contributed by atoms with E-state index >= 15 is 0 Å². The number of nitro benzene ring substituents is 1. The van der Waals surface area contributed by atoms with Crippen LogP contribution in [-0.4, -0.2) is 28.9 Å². The van der Waals surface area contributed by atoms with E-state index in [0.29, 0.717) is 17.3 Å². The van der Waals surface area contributed by atoms with Gasteiger partial charge < -0.3 is 10.2 Å². The van der Waals surface area contributed by atoms with Crippen LogP contribution in [0.5, 0.6) is 0 Å². The number of rotatable bonds is 4. The van der Waals surface area contributed by atoms with E-state index in [0.717, 1.165) is 36.8 Å². The van der Waals surface area contributed by atoms with Crippen LogP contribution in [0.25, 0.3) is 10.9 Å². The standard InChI is InChI=1S/C22H22N4O3/c1-15-9-12-25(13-10-15)20-8-7-16(14-21(20)26(28)29)22(27)24-19-6-2-5-18-17(19)4-3-11-23-18/h2-8,11,14-15H,9-10,12-13H2,1H3,(H,24,27). The summed E-state index contributed by atoms with van der Waals surface area (Å²) in [7, 11) is 0. The Kier molecular flexibility index (Phi) is 5.12. The summed E-state index contributed by atoms with van der Waals surface area (Å²) < 4.78 is 0. The Morgan fingerprint density at radius 2 is 1.97 bits per heavy atom. The van der Waals surface area contributed by atoms with Crippen molar-refractivity contribution in [1.82, 2.24) is 4.98 Å². The lowest BCUT2D eigenvalue weighted by Gasteiger charge is -2.31. The molecule has 1 saturated heterocycles. The summed E-state index contributed by atoms with van der Waals surface area (Å²) in [5, 5.41) is 15.3. The molecule has 2 aromatic carbocycles. The van der Waals surface area contributed by atoms with E-state index in [2.05, 4.69) is 17.2 Å². The third-order valence-corrected chi connectivity index (χ3v) is 5.45. The number of anilines is 2. The minimum absolute atomic E-state index is 0.0354. The van der Waals surface area contributed by atoms with Crippen LogP contribution in [0, 0.1) is 16.0 Å². The number of amides is 1. The van der Waals surface area contributed by atoms with Crippen molar-refractivity contribution in [1.29, 1.82) is 0 Å². The Hall–Kier alpha value is -3.48. The van der Waals surface area contributed by atoms with Crippen molar-refractivity contribution in [2.75, 3.05) is 23.3 Å². The molecule has 1 aliphatic rings. The maximum Gasteiger partial charge on any atom is 0.293 e. The second-order valence-electron chi connectivity index (χ2n) is 7.46. The normalized spacial score (nSPS) is 14.7. The van der Waals surface area contributed by atoms with Gasteiger partial charge in [0.05, 0.1) is 16.1 Å². The van der Waals surface area contributed by atoms with E-state index < -0.39 is 4.92 Å². The molecule has 29 heavy (non-hydrogen) atoms. The van der Waals surface area contributed by atoms with Crippen LogP contribution in [0.2, 0.25) is 0 Å². The minimum atomic E-state index is -0.411. The topological polar surface area (TPSA) is 88.4 Å². The van der Waals surface area contributed by atoms with Crippen molar-refractivity contribution >= 4 is 33.9 Å². The van der Waals surface area contributed by atoms with Gasteiger partial charge in [0.15, 0.2) is 0 Å². The number of hydrogen-bond donors (Lipinski definition) is 1. The molecular formula is C22H22N4O3. The van der Waals surface area contributed by atoms with E-state index in [9.17, 15) is 14.9 Å². The van der Waals surface area contributed by atoms with Crippen LogP contribution in [0.1, 0.15) is 30.1 Å². The van der Waals surface area contributed by atoms with E-state index in [1.54, 1.807) is 30.5 Å². The Balaban J connectivity index is 1.62. The van der Waals surface area contributed by atoms with Crippen molar-refractivity contribution in [2.24, 2.45) is 5.92 Å². The molecule has 0 unspecified atom stereocenters. The number of nitro groups is 1. The lowest BCUT2D eigenvalue weighted by molar-refractivity contribution is -0.384. The first-order valence-corrected chi connectivity index (χ1v) is 9.71. The third kappa shape index (κ3) is 3.89. The van der Waals surface area contributed by atoms with Gasteiger partial charge in [0.25, 0.3) is 11.6 Å². The van der Waals surface area contributed by atoms with Gasteiger partial charge in [-0.3, -0.25) is 19.9 Å². The minimum Gasteiger partial charge on any atom is -0.366 e. The van der Waals surface area contributed by atoms with Crippen molar-refractivity contribution in [3.05, 3.63) is 70.4 Å². The number of hydrogen-bond acceptors (Lipinski definition) is 5. The number of nitrogens with zero attached hydrogens (tertiary/aromatic N) is 3. The molecule has 0 radical (unpaired) electrons. The Morgan fingerprint density at radius 1 is 1.17 bits per heavy atom. The number of piperidine rings is 1. The fraction of sp³-hybridized carbons (Fsp3) is 0.273. The highest BCUT2D eigenvalue weighted by molar-refractivity contribution is 6.09. The Labute approximate surface area is 168 Å². The molecule has 4 rings (SSSR count). The third-order valence-electron chi connectivity index (χ3n) is 5.45. The van der Waals surface area contributed by atoms with Gasteiger partial charge in [-0.15, -0.1) is 0 Å². The summed E-state index contributed by atoms with van der Waals surface area (Å²) in [6.45, 7) is 3.77. The smallest absolute Gasteiger partial charge is 0.293 e. The van der Waals surface area contributed by atoms with E-state index in [-0.39, 0.29) is 17.2 Å². The van der Waals surface area contributed by atoms with Crippen LogP contribution < -0.4 is 10.2 Å². The molecule has 3 aromatic rings. The summed E-state index contributed by atoms with van der Waals surface area (Å²) in [5.74, 6) is 0.244. The summed E-state index contributed by atoms with van der Waals surface area (Å²) >= 11 is 0. The van der Waals surface area contributed by atoms with Gasteiger partial charge in [0.2, 0.25) is 0 Å². The number of carbonyl (C=O) groups excluding carboxylic acids is 1. The number of aromatic nitrogens is 1. The number of carbonyl (C=O) groups is 1. The highest BCUT2D eigenvalue weighted by Gasteiger charge is 2.25. The zero-order chi connectivity index (χ0) is 20.4. The zero-order valence-corrected chi connectivity index (χ0v) is 16.2. The molecule has 7 nitrogen and oxygen atoms in total. The van der Waals surface area contributed by atoms with Crippen LogP contribution in [0.15, 0.2) is 54.7 Å². The zero-order valence-electron chi connectivity index (χ0n) is 16.2. The average molecular weight is 390 g/mol. The average Bonchev–Trinajstić information content (AvgIpc) is 2.74. The molecule has 0 spiro atoms. The molecule has 0 atom stereocenters. The largest absolute Gasteiger partial charge is 0.366 e. The van der Waals surface area contributed by atoms with Crippen molar-refractivity contribution in [3.8, 4) is 0 Å². The van der Waals surface area contributed by atoms with Gasteiger partial charge in [0.1, 0.15) is 5.69 Å². The van der Waals surface area contributed by atoms with Gasteiger partial charge in [-0.1, -0.05) is 13.0 Å². The van der Waals surface area contributed by atoms with Crippen LogP contribution in [0.4, 0.5) is 17.1 Å². The first-order valence-electron chi connectivity index (χ1n) is 9.71.